The first kappa shape index (κ1) is 23.7. The van der Waals surface area contributed by atoms with Gasteiger partial charge in [-0.3, -0.25) is 9.59 Å². The van der Waals surface area contributed by atoms with Gasteiger partial charge < -0.3 is 20.7 Å². The van der Waals surface area contributed by atoms with Crippen molar-refractivity contribution in [1.82, 2.24) is 10.6 Å². The summed E-state index contributed by atoms with van der Waals surface area (Å²) in [5.74, 6) is -0.639. The number of carbonyl (C=O) groups is 3. The van der Waals surface area contributed by atoms with E-state index >= 15 is 0 Å². The zero-order chi connectivity index (χ0) is 22.9. The standard InChI is InChI=1S/C24H29N3O4/c1-17-9-5-6-10-18(17)13-14-21(28)27-20-12-8-7-11-19(20)15-25-22(29)16-26-23(30)31-24(2,3)4/h5-14H,15-16H2,1-4H3,(H,25,29)(H,26,30)(H,27,28)/b14-13+. The first-order valence-electron chi connectivity index (χ1n) is 10.0. The summed E-state index contributed by atoms with van der Waals surface area (Å²) in [6, 6.07) is 15.0. The van der Waals surface area contributed by atoms with Gasteiger partial charge in [0.05, 0.1) is 0 Å². The van der Waals surface area contributed by atoms with Crippen LogP contribution < -0.4 is 16.0 Å². The fraction of sp³-hybridized carbons (Fsp3) is 0.292. The topological polar surface area (TPSA) is 96.5 Å². The van der Waals surface area contributed by atoms with Crippen molar-refractivity contribution in [3.05, 3.63) is 71.3 Å². The van der Waals surface area contributed by atoms with Crippen LogP contribution in [0.1, 0.15) is 37.5 Å². The molecule has 31 heavy (non-hydrogen) atoms. The highest BCUT2D eigenvalue weighted by Gasteiger charge is 2.16. The average molecular weight is 424 g/mol. The molecule has 3 N–H and O–H groups in total. The van der Waals surface area contributed by atoms with E-state index in [2.05, 4.69) is 16.0 Å². The molecule has 0 aromatic heterocycles. The van der Waals surface area contributed by atoms with Crippen LogP contribution in [0.15, 0.2) is 54.6 Å². The zero-order valence-electron chi connectivity index (χ0n) is 18.3. The van der Waals surface area contributed by atoms with E-state index < -0.39 is 11.7 Å². The molecule has 0 aliphatic carbocycles. The summed E-state index contributed by atoms with van der Waals surface area (Å²) in [4.78, 5) is 36.0. The third-order valence-electron chi connectivity index (χ3n) is 4.15. The molecule has 0 saturated carbocycles. The van der Waals surface area contributed by atoms with Gasteiger partial charge in [0.15, 0.2) is 0 Å². The molecule has 0 saturated heterocycles. The van der Waals surface area contributed by atoms with E-state index in [9.17, 15) is 14.4 Å². The number of nitrogens with one attached hydrogen (secondary N) is 3. The predicted octanol–water partition coefficient (Wildman–Crippen LogP) is 3.79. The van der Waals surface area contributed by atoms with Crippen LogP contribution >= 0.6 is 0 Å². The fourth-order valence-electron chi connectivity index (χ4n) is 2.63. The SMILES string of the molecule is Cc1ccccc1/C=C/C(=O)Nc1ccccc1CNC(=O)CNC(=O)OC(C)(C)C. The monoisotopic (exact) mass is 423 g/mol. The summed E-state index contributed by atoms with van der Waals surface area (Å²) in [7, 11) is 0. The number of benzene rings is 2. The highest BCUT2D eigenvalue weighted by atomic mass is 16.6. The van der Waals surface area contributed by atoms with Crippen LogP contribution in [0.5, 0.6) is 0 Å². The summed E-state index contributed by atoms with van der Waals surface area (Å²) in [5, 5.41) is 7.96. The third-order valence-corrected chi connectivity index (χ3v) is 4.15. The molecule has 0 spiro atoms. The second-order valence-corrected chi connectivity index (χ2v) is 7.97. The van der Waals surface area contributed by atoms with Crippen LogP contribution in [0.4, 0.5) is 10.5 Å². The lowest BCUT2D eigenvalue weighted by atomic mass is 10.1. The van der Waals surface area contributed by atoms with Crippen LogP contribution in [-0.4, -0.2) is 30.1 Å². The van der Waals surface area contributed by atoms with Crippen molar-refractivity contribution < 1.29 is 19.1 Å². The summed E-state index contributed by atoms with van der Waals surface area (Å²) in [5.41, 5.74) is 2.75. The summed E-state index contributed by atoms with van der Waals surface area (Å²) < 4.78 is 5.09. The molecule has 0 fully saturated rings. The number of rotatable bonds is 7. The molecule has 7 heteroatoms. The summed E-state index contributed by atoms with van der Waals surface area (Å²) >= 11 is 0. The van der Waals surface area contributed by atoms with Crippen molar-refractivity contribution in [1.29, 1.82) is 0 Å². The largest absolute Gasteiger partial charge is 0.444 e. The quantitative estimate of drug-likeness (QED) is 0.591. The van der Waals surface area contributed by atoms with Crippen LogP contribution in [-0.2, 0) is 20.9 Å². The number of anilines is 1. The Morgan fingerprint density at radius 3 is 2.35 bits per heavy atom. The molecule has 3 amide bonds. The van der Waals surface area contributed by atoms with Gasteiger partial charge in [-0.1, -0.05) is 42.5 Å². The maximum atomic E-state index is 12.3. The zero-order valence-corrected chi connectivity index (χ0v) is 18.3. The van der Waals surface area contributed by atoms with Gasteiger partial charge in [0.2, 0.25) is 11.8 Å². The van der Waals surface area contributed by atoms with E-state index in [0.717, 1.165) is 16.7 Å². The second kappa shape index (κ2) is 11.0. The smallest absolute Gasteiger partial charge is 0.408 e. The minimum Gasteiger partial charge on any atom is -0.444 e. The van der Waals surface area contributed by atoms with Crippen molar-refractivity contribution >= 4 is 29.7 Å². The Labute approximate surface area is 182 Å². The number of amides is 3. The van der Waals surface area contributed by atoms with Gasteiger partial charge in [-0.2, -0.15) is 0 Å². The lowest BCUT2D eigenvalue weighted by Crippen LogP contribution is -2.39. The minimum atomic E-state index is -0.657. The molecular weight excluding hydrogens is 394 g/mol. The Kier molecular flexibility index (Phi) is 8.37. The predicted molar refractivity (Wildman–Crippen MR) is 121 cm³/mol. The first-order valence-corrected chi connectivity index (χ1v) is 10.0. The third kappa shape index (κ3) is 8.74. The Morgan fingerprint density at radius 1 is 0.968 bits per heavy atom. The molecule has 0 heterocycles. The van der Waals surface area contributed by atoms with Crippen molar-refractivity contribution in [2.24, 2.45) is 0 Å². The minimum absolute atomic E-state index is 0.201. The normalized spacial score (nSPS) is 11.1. The van der Waals surface area contributed by atoms with Gasteiger partial charge in [0.1, 0.15) is 12.1 Å². The number of alkyl carbamates (subject to hydrolysis) is 1. The van der Waals surface area contributed by atoms with E-state index in [4.69, 9.17) is 4.74 Å². The highest BCUT2D eigenvalue weighted by molar-refractivity contribution is 6.02. The maximum absolute atomic E-state index is 12.3. The molecular formula is C24H29N3O4. The van der Waals surface area contributed by atoms with Crippen LogP contribution in [0.3, 0.4) is 0 Å². The van der Waals surface area contributed by atoms with Crippen LogP contribution in [0.25, 0.3) is 6.08 Å². The second-order valence-electron chi connectivity index (χ2n) is 7.97. The number of ether oxygens (including phenoxy) is 1. The van der Waals surface area contributed by atoms with Gasteiger partial charge in [-0.05, 0) is 56.5 Å². The Bertz CT molecular complexity index is 961. The van der Waals surface area contributed by atoms with E-state index in [0.29, 0.717) is 5.69 Å². The fourth-order valence-corrected chi connectivity index (χ4v) is 2.63. The van der Waals surface area contributed by atoms with E-state index in [1.54, 1.807) is 39.0 Å². The van der Waals surface area contributed by atoms with E-state index in [1.165, 1.54) is 6.08 Å². The van der Waals surface area contributed by atoms with Gasteiger partial charge in [0.25, 0.3) is 0 Å². The molecule has 0 unspecified atom stereocenters. The van der Waals surface area contributed by atoms with Crippen molar-refractivity contribution in [2.75, 3.05) is 11.9 Å². The molecule has 7 nitrogen and oxygen atoms in total. The molecule has 2 rings (SSSR count). The number of hydrogen-bond donors (Lipinski definition) is 3. The lowest BCUT2D eigenvalue weighted by molar-refractivity contribution is -0.120. The molecule has 0 bridgehead atoms. The first-order chi connectivity index (χ1) is 14.6. The maximum Gasteiger partial charge on any atom is 0.408 e. The number of para-hydroxylation sites is 1. The molecule has 0 atom stereocenters. The number of carbonyl (C=O) groups excluding carboxylic acids is 3. The average Bonchev–Trinajstić information content (AvgIpc) is 2.70. The Morgan fingerprint density at radius 2 is 1.65 bits per heavy atom. The molecule has 0 aliphatic rings. The molecule has 0 radical (unpaired) electrons. The van der Waals surface area contributed by atoms with Gasteiger partial charge in [0, 0.05) is 18.3 Å². The molecule has 2 aromatic rings. The van der Waals surface area contributed by atoms with Crippen molar-refractivity contribution in [2.45, 2.75) is 39.8 Å². The number of hydrogen-bond acceptors (Lipinski definition) is 4. The van der Waals surface area contributed by atoms with Crippen molar-refractivity contribution in [3.63, 3.8) is 0 Å². The van der Waals surface area contributed by atoms with Crippen LogP contribution in [0, 0.1) is 6.92 Å². The lowest BCUT2D eigenvalue weighted by Gasteiger charge is -2.19. The highest BCUT2D eigenvalue weighted by Crippen LogP contribution is 2.15. The van der Waals surface area contributed by atoms with Crippen LogP contribution in [0.2, 0.25) is 0 Å². The van der Waals surface area contributed by atoms with Gasteiger partial charge in [-0.25, -0.2) is 4.79 Å². The molecule has 0 aliphatic heterocycles. The Hall–Kier alpha value is -3.61. The molecule has 2 aromatic carbocycles. The summed E-state index contributed by atoms with van der Waals surface area (Å²) in [6.45, 7) is 7.21. The van der Waals surface area contributed by atoms with Gasteiger partial charge >= 0.3 is 6.09 Å². The number of aryl methyl sites for hydroxylation is 1. The van der Waals surface area contributed by atoms with Gasteiger partial charge in [-0.15, -0.1) is 0 Å². The summed E-state index contributed by atoms with van der Waals surface area (Å²) in [6.07, 6.45) is 2.58. The van der Waals surface area contributed by atoms with E-state index in [1.807, 2.05) is 43.3 Å². The van der Waals surface area contributed by atoms with E-state index in [-0.39, 0.29) is 24.9 Å². The molecule has 164 valence electrons. The van der Waals surface area contributed by atoms with Crippen molar-refractivity contribution in [3.8, 4) is 0 Å². The Balaban J connectivity index is 1.89.